The molecule has 0 aliphatic rings. The van der Waals surface area contributed by atoms with Gasteiger partial charge in [0.25, 0.3) is 0 Å². The van der Waals surface area contributed by atoms with E-state index in [0.717, 1.165) is 17.8 Å². The highest BCUT2D eigenvalue weighted by Crippen LogP contribution is 2.23. The van der Waals surface area contributed by atoms with Gasteiger partial charge in [-0.05, 0) is 32.4 Å². The summed E-state index contributed by atoms with van der Waals surface area (Å²) in [5, 5.41) is 19.9. The first-order chi connectivity index (χ1) is 13.4. The van der Waals surface area contributed by atoms with Crippen LogP contribution >= 0.6 is 11.8 Å². The molecule has 0 fully saturated rings. The molecule has 3 rings (SSSR count). The molecule has 1 atom stereocenters. The number of hydrogen-bond donors (Lipinski definition) is 3. The van der Waals surface area contributed by atoms with Gasteiger partial charge in [-0.1, -0.05) is 24.8 Å². The Morgan fingerprint density at radius 3 is 2.96 bits per heavy atom. The molecule has 0 saturated carbocycles. The van der Waals surface area contributed by atoms with E-state index in [4.69, 9.17) is 10.1 Å². The Kier molecular flexibility index (Phi) is 6.03. The number of aromatic amines is 1. The smallest absolute Gasteiger partial charge is 0.230 e. The number of rotatable bonds is 7. The number of H-pyrrole nitrogens is 1. The van der Waals surface area contributed by atoms with E-state index in [2.05, 4.69) is 20.5 Å². The van der Waals surface area contributed by atoms with Crippen molar-refractivity contribution in [2.24, 2.45) is 0 Å². The molecule has 2 aromatic heterocycles. The quantitative estimate of drug-likeness (QED) is 0.417. The molecule has 9 heteroatoms. The number of hydrogen-bond acceptors (Lipinski definition) is 6. The summed E-state index contributed by atoms with van der Waals surface area (Å²) in [6.45, 7) is 5.85. The van der Waals surface area contributed by atoms with Crippen molar-refractivity contribution in [2.45, 2.75) is 38.4 Å². The number of nitrogens with one attached hydrogen (secondary N) is 3. The van der Waals surface area contributed by atoms with E-state index in [-0.39, 0.29) is 23.2 Å². The van der Waals surface area contributed by atoms with Crippen molar-refractivity contribution >= 4 is 28.7 Å². The second-order valence-electron chi connectivity index (χ2n) is 6.49. The fourth-order valence-electron chi connectivity index (χ4n) is 2.76. The van der Waals surface area contributed by atoms with Crippen LogP contribution in [0.5, 0.6) is 5.75 Å². The Morgan fingerprint density at radius 2 is 2.25 bits per heavy atom. The number of amides is 1. The maximum absolute atomic E-state index is 12.2. The van der Waals surface area contributed by atoms with E-state index >= 15 is 0 Å². The normalized spacial score (nSPS) is 12.1. The summed E-state index contributed by atoms with van der Waals surface area (Å²) in [5.41, 5.74) is 2.24. The number of carbonyl (C=O) groups is 1. The minimum Gasteiger partial charge on any atom is -0.497 e. The maximum Gasteiger partial charge on any atom is 0.230 e. The number of thioether (sulfide) groups is 1. The first-order valence-electron chi connectivity index (χ1n) is 9.03. The van der Waals surface area contributed by atoms with Gasteiger partial charge in [0.15, 0.2) is 10.8 Å². The fourth-order valence-corrected chi connectivity index (χ4v) is 3.58. The molecule has 0 bridgehead atoms. The molecule has 0 radical (unpaired) electrons. The number of nitrogens with zero attached hydrogens (tertiary/aromatic N) is 3. The van der Waals surface area contributed by atoms with Gasteiger partial charge in [0.05, 0.1) is 23.9 Å². The molecule has 0 aliphatic carbocycles. The molecule has 3 aromatic rings. The van der Waals surface area contributed by atoms with Crippen LogP contribution in [0.1, 0.15) is 26.0 Å². The zero-order valence-electron chi connectivity index (χ0n) is 16.4. The lowest BCUT2D eigenvalue weighted by atomic mass is 10.2. The minimum absolute atomic E-state index is 0.0665. The van der Waals surface area contributed by atoms with Crippen molar-refractivity contribution in [1.82, 2.24) is 25.1 Å². The number of carbonyl (C=O) groups excluding carboxylic acids is 1. The van der Waals surface area contributed by atoms with Gasteiger partial charge in [-0.2, -0.15) is 5.10 Å². The summed E-state index contributed by atoms with van der Waals surface area (Å²) in [6.07, 6.45) is 0.869. The average molecular weight is 401 g/mol. The second-order valence-corrected chi connectivity index (χ2v) is 7.44. The topological polar surface area (TPSA) is 109 Å². The summed E-state index contributed by atoms with van der Waals surface area (Å²) in [4.78, 5) is 16.8. The van der Waals surface area contributed by atoms with Gasteiger partial charge < -0.3 is 10.1 Å². The van der Waals surface area contributed by atoms with Gasteiger partial charge >= 0.3 is 0 Å². The number of ether oxygens (including phenoxy) is 1. The summed E-state index contributed by atoms with van der Waals surface area (Å²) in [6, 6.07) is 7.54. The van der Waals surface area contributed by atoms with Crippen LogP contribution in [0.4, 0.5) is 0 Å². The lowest BCUT2D eigenvalue weighted by Crippen LogP contribution is -2.33. The molecule has 0 saturated heterocycles. The van der Waals surface area contributed by atoms with Crippen LogP contribution in [0, 0.1) is 12.3 Å². The van der Waals surface area contributed by atoms with Gasteiger partial charge in [0.2, 0.25) is 5.91 Å². The van der Waals surface area contributed by atoms with E-state index in [9.17, 15) is 4.79 Å². The standard InChI is InChI=1S/C19H24N6O2S/c1-5-11(2)21-15(26)10-28-19-22-18-16(12(3)23-24-18)17(20)25(19)13-7-6-8-14(9-13)27-4/h6-9,11,20H,5,10H2,1-4H3,(H,21,26)(H,23,24)/t11-/m1/s1. The van der Waals surface area contributed by atoms with E-state index < -0.39 is 0 Å². The van der Waals surface area contributed by atoms with Crippen LogP contribution < -0.4 is 15.5 Å². The third kappa shape index (κ3) is 4.04. The molecule has 28 heavy (non-hydrogen) atoms. The minimum atomic E-state index is -0.0665. The average Bonchev–Trinajstić information content (AvgIpc) is 3.07. The van der Waals surface area contributed by atoms with E-state index in [1.54, 1.807) is 11.7 Å². The first kappa shape index (κ1) is 19.9. The first-order valence-corrected chi connectivity index (χ1v) is 10.0. The number of fused-ring (bicyclic) bond motifs is 1. The molecular weight excluding hydrogens is 376 g/mol. The molecule has 1 aromatic carbocycles. The fraction of sp³-hybridized carbons (Fsp3) is 0.368. The highest BCUT2D eigenvalue weighted by Gasteiger charge is 2.17. The van der Waals surface area contributed by atoms with Crippen LogP contribution in [-0.2, 0) is 4.79 Å². The van der Waals surface area contributed by atoms with Crippen LogP contribution in [0.3, 0.4) is 0 Å². The Balaban J connectivity index is 2.05. The summed E-state index contributed by atoms with van der Waals surface area (Å²) in [5.74, 6) is 0.817. The zero-order valence-corrected chi connectivity index (χ0v) is 17.2. The van der Waals surface area contributed by atoms with Gasteiger partial charge in [-0.15, -0.1) is 0 Å². The van der Waals surface area contributed by atoms with Crippen LogP contribution in [0.25, 0.3) is 16.7 Å². The SMILES string of the molecule is CC[C@@H](C)NC(=O)CSc1nc2n[nH]c(C)c2c(=N)n1-c1cccc(OC)c1. The number of methoxy groups -OCH3 is 1. The van der Waals surface area contributed by atoms with Crippen molar-refractivity contribution in [3.63, 3.8) is 0 Å². The zero-order chi connectivity index (χ0) is 20.3. The van der Waals surface area contributed by atoms with Crippen molar-refractivity contribution in [1.29, 1.82) is 5.41 Å². The lowest BCUT2D eigenvalue weighted by molar-refractivity contribution is -0.119. The van der Waals surface area contributed by atoms with Crippen molar-refractivity contribution in [3.8, 4) is 11.4 Å². The van der Waals surface area contributed by atoms with E-state index in [1.807, 2.05) is 45.0 Å². The second kappa shape index (κ2) is 8.47. The molecule has 0 spiro atoms. The van der Waals surface area contributed by atoms with Gasteiger partial charge in [-0.25, -0.2) is 4.98 Å². The molecule has 1 amide bonds. The Hall–Kier alpha value is -2.81. The predicted octanol–water partition coefficient (Wildman–Crippen LogP) is 2.55. The van der Waals surface area contributed by atoms with Crippen molar-refractivity contribution in [3.05, 3.63) is 35.4 Å². The van der Waals surface area contributed by atoms with E-state index in [0.29, 0.717) is 21.9 Å². The van der Waals surface area contributed by atoms with Crippen LogP contribution in [0.15, 0.2) is 29.4 Å². The number of benzene rings is 1. The lowest BCUT2D eigenvalue weighted by Gasteiger charge is -2.15. The molecule has 0 unspecified atom stereocenters. The van der Waals surface area contributed by atoms with Gasteiger partial charge in [-0.3, -0.25) is 19.9 Å². The largest absolute Gasteiger partial charge is 0.497 e. The molecule has 8 nitrogen and oxygen atoms in total. The third-order valence-corrected chi connectivity index (χ3v) is 5.38. The Morgan fingerprint density at radius 1 is 1.46 bits per heavy atom. The number of aryl methyl sites for hydroxylation is 1. The summed E-state index contributed by atoms with van der Waals surface area (Å²) < 4.78 is 7.04. The molecule has 0 aliphatic heterocycles. The maximum atomic E-state index is 12.2. The highest BCUT2D eigenvalue weighted by molar-refractivity contribution is 7.99. The monoisotopic (exact) mass is 400 g/mol. The van der Waals surface area contributed by atoms with Gasteiger partial charge in [0, 0.05) is 17.8 Å². The van der Waals surface area contributed by atoms with Gasteiger partial charge in [0.1, 0.15) is 11.2 Å². The molecule has 2 heterocycles. The van der Waals surface area contributed by atoms with Crippen LogP contribution in [0.2, 0.25) is 0 Å². The van der Waals surface area contributed by atoms with E-state index in [1.165, 1.54) is 11.8 Å². The number of aromatic nitrogens is 4. The Bertz CT molecular complexity index is 1060. The molecular formula is C19H24N6O2S. The van der Waals surface area contributed by atoms with Crippen LogP contribution in [-0.4, -0.2) is 44.6 Å². The Labute approximate surface area is 167 Å². The molecule has 148 valence electrons. The molecule has 3 N–H and O–H groups in total. The third-order valence-electron chi connectivity index (χ3n) is 4.45. The highest BCUT2D eigenvalue weighted by atomic mass is 32.2. The predicted molar refractivity (Wildman–Crippen MR) is 109 cm³/mol. The van der Waals surface area contributed by atoms with Crippen molar-refractivity contribution in [2.75, 3.05) is 12.9 Å². The summed E-state index contributed by atoms with van der Waals surface area (Å²) >= 11 is 1.28. The summed E-state index contributed by atoms with van der Waals surface area (Å²) in [7, 11) is 1.60. The van der Waals surface area contributed by atoms with Crippen molar-refractivity contribution < 1.29 is 9.53 Å².